The molecule has 6 heteroatoms. The lowest BCUT2D eigenvalue weighted by atomic mass is 10.1. The second kappa shape index (κ2) is 6.32. The number of benzene rings is 2. The summed E-state index contributed by atoms with van der Waals surface area (Å²) in [5.41, 5.74) is 11.0. The van der Waals surface area contributed by atoms with Gasteiger partial charge in [0.15, 0.2) is 5.70 Å². The summed E-state index contributed by atoms with van der Waals surface area (Å²) < 4.78 is 5.19. The average Bonchev–Trinajstić information content (AvgIpc) is 2.47. The molecule has 0 aliphatic rings. The number of carbonyl (C=O) groups excluding carboxylic acids is 1. The summed E-state index contributed by atoms with van der Waals surface area (Å²) >= 11 is 1.22. The number of amides is 1. The van der Waals surface area contributed by atoms with Crippen LogP contribution in [0.15, 0.2) is 57.0 Å². The summed E-state index contributed by atoms with van der Waals surface area (Å²) in [5.74, 6) is 0.106. The molecule has 0 aliphatic heterocycles. The Morgan fingerprint density at radius 3 is 2.48 bits per heavy atom. The topological polar surface area (TPSA) is 90.7 Å². The van der Waals surface area contributed by atoms with Crippen molar-refractivity contribution in [2.24, 2.45) is 16.5 Å². The van der Waals surface area contributed by atoms with Crippen molar-refractivity contribution in [3.63, 3.8) is 0 Å². The highest BCUT2D eigenvalue weighted by molar-refractivity contribution is 8.03. The lowest BCUT2D eigenvalue weighted by Gasteiger charge is -2.07. The van der Waals surface area contributed by atoms with Gasteiger partial charge in [-0.1, -0.05) is 23.9 Å². The maximum Gasteiger partial charge on any atom is 0.269 e. The molecule has 5 nitrogen and oxygen atoms in total. The number of aliphatic imine (C=N–C) groups is 1. The number of carbonyl (C=O) groups is 1. The van der Waals surface area contributed by atoms with Crippen molar-refractivity contribution in [3.05, 3.63) is 47.1 Å². The fourth-order valence-corrected chi connectivity index (χ4v) is 2.68. The molecule has 0 saturated heterocycles. The first-order valence-electron chi connectivity index (χ1n) is 6.07. The number of hydrogen-bond donors (Lipinski definition) is 2. The fraction of sp³-hybridized carbons (Fsp3) is 0.0667. The molecule has 1 amide bonds. The van der Waals surface area contributed by atoms with Gasteiger partial charge in [0.1, 0.15) is 10.8 Å². The van der Waals surface area contributed by atoms with Crippen LogP contribution in [0.3, 0.4) is 0 Å². The number of thioether (sulfide) groups is 1. The van der Waals surface area contributed by atoms with E-state index in [-0.39, 0.29) is 10.7 Å². The third kappa shape index (κ3) is 3.35. The van der Waals surface area contributed by atoms with Crippen LogP contribution in [0, 0.1) is 0 Å². The Kier molecular flexibility index (Phi) is 4.49. The van der Waals surface area contributed by atoms with Gasteiger partial charge in [-0.15, -0.1) is 0 Å². The van der Waals surface area contributed by atoms with Gasteiger partial charge in [-0.2, -0.15) is 0 Å². The average molecular weight is 301 g/mol. The van der Waals surface area contributed by atoms with Gasteiger partial charge in [-0.3, -0.25) is 9.79 Å². The molecule has 0 atom stereocenters. The zero-order valence-electron chi connectivity index (χ0n) is 11.5. The summed E-state index contributed by atoms with van der Waals surface area (Å²) in [5, 5.41) is 2.32. The van der Waals surface area contributed by atoms with Crippen molar-refractivity contribution in [2.75, 3.05) is 7.11 Å². The molecule has 0 bridgehead atoms. The summed E-state index contributed by atoms with van der Waals surface area (Å²) in [6.45, 7) is 3.30. The Labute approximate surface area is 126 Å². The predicted octanol–water partition coefficient (Wildman–Crippen LogP) is 2.25. The van der Waals surface area contributed by atoms with E-state index in [1.54, 1.807) is 7.11 Å². The van der Waals surface area contributed by atoms with Crippen molar-refractivity contribution >= 4 is 35.2 Å². The van der Waals surface area contributed by atoms with Crippen molar-refractivity contribution in [2.45, 2.75) is 4.90 Å². The number of nitrogens with zero attached hydrogens (tertiary/aromatic N) is 1. The van der Waals surface area contributed by atoms with Crippen LogP contribution in [0.25, 0.3) is 10.8 Å². The van der Waals surface area contributed by atoms with Crippen molar-refractivity contribution in [1.29, 1.82) is 0 Å². The number of primary amides is 1. The lowest BCUT2D eigenvalue weighted by molar-refractivity contribution is -0.114. The fourth-order valence-electron chi connectivity index (χ4n) is 1.84. The van der Waals surface area contributed by atoms with E-state index >= 15 is 0 Å². The summed E-state index contributed by atoms with van der Waals surface area (Å²) in [4.78, 5) is 15.6. The van der Waals surface area contributed by atoms with Crippen LogP contribution in [0.4, 0.5) is 0 Å². The Balaban J connectivity index is 2.36. The van der Waals surface area contributed by atoms with E-state index in [9.17, 15) is 4.79 Å². The summed E-state index contributed by atoms with van der Waals surface area (Å²) in [6.07, 6.45) is 0. The number of methoxy groups -OCH3 is 1. The molecule has 0 spiro atoms. The SMILES string of the molecule is C=N/C(C(N)=O)=C(/N)Sc1ccc2cc(OC)ccc2c1. The van der Waals surface area contributed by atoms with Crippen LogP contribution in [0.2, 0.25) is 0 Å². The number of ether oxygens (including phenoxy) is 1. The van der Waals surface area contributed by atoms with Crippen LogP contribution in [0.5, 0.6) is 5.75 Å². The monoisotopic (exact) mass is 301 g/mol. The molecule has 21 heavy (non-hydrogen) atoms. The number of fused-ring (bicyclic) bond motifs is 1. The second-order valence-corrected chi connectivity index (χ2v) is 5.33. The second-order valence-electron chi connectivity index (χ2n) is 4.21. The van der Waals surface area contributed by atoms with E-state index in [0.29, 0.717) is 0 Å². The van der Waals surface area contributed by atoms with Crippen LogP contribution in [-0.4, -0.2) is 19.7 Å². The summed E-state index contributed by atoms with van der Waals surface area (Å²) in [7, 11) is 1.63. The Morgan fingerprint density at radius 1 is 1.19 bits per heavy atom. The van der Waals surface area contributed by atoms with Gasteiger partial charge >= 0.3 is 0 Å². The van der Waals surface area contributed by atoms with Gasteiger partial charge < -0.3 is 16.2 Å². The van der Waals surface area contributed by atoms with Crippen LogP contribution >= 0.6 is 11.8 Å². The van der Waals surface area contributed by atoms with E-state index in [1.165, 1.54) is 11.8 Å². The van der Waals surface area contributed by atoms with Gasteiger partial charge in [-0.25, -0.2) is 0 Å². The van der Waals surface area contributed by atoms with Crippen molar-refractivity contribution < 1.29 is 9.53 Å². The Morgan fingerprint density at radius 2 is 1.86 bits per heavy atom. The molecule has 0 aromatic heterocycles. The maximum absolute atomic E-state index is 11.2. The first-order valence-corrected chi connectivity index (χ1v) is 6.88. The molecule has 2 aromatic carbocycles. The van der Waals surface area contributed by atoms with Gasteiger partial charge in [-0.05, 0) is 41.8 Å². The molecule has 0 saturated carbocycles. The van der Waals surface area contributed by atoms with E-state index in [0.717, 1.165) is 21.4 Å². The molecular formula is C15H15N3O2S. The van der Waals surface area contributed by atoms with Gasteiger partial charge in [0.05, 0.1) is 7.11 Å². The van der Waals surface area contributed by atoms with Gasteiger partial charge in [0, 0.05) is 4.90 Å². The molecule has 0 aliphatic carbocycles. The maximum atomic E-state index is 11.2. The molecule has 0 unspecified atom stereocenters. The van der Waals surface area contributed by atoms with Crippen LogP contribution < -0.4 is 16.2 Å². The molecule has 0 radical (unpaired) electrons. The Hall–Kier alpha value is -2.47. The minimum atomic E-state index is -0.694. The minimum absolute atomic E-state index is 0.0187. The molecular weight excluding hydrogens is 286 g/mol. The number of nitrogens with two attached hydrogens (primary N) is 2. The smallest absolute Gasteiger partial charge is 0.269 e. The molecule has 4 N–H and O–H groups in total. The first-order chi connectivity index (χ1) is 10.0. The molecule has 0 heterocycles. The molecule has 2 rings (SSSR count). The molecule has 108 valence electrons. The van der Waals surface area contributed by atoms with Gasteiger partial charge in [0.25, 0.3) is 5.91 Å². The third-order valence-electron chi connectivity index (χ3n) is 2.87. The zero-order chi connectivity index (χ0) is 15.4. The summed E-state index contributed by atoms with van der Waals surface area (Å²) in [6, 6.07) is 11.6. The van der Waals surface area contributed by atoms with E-state index in [2.05, 4.69) is 11.7 Å². The number of hydrogen-bond acceptors (Lipinski definition) is 5. The van der Waals surface area contributed by atoms with E-state index in [1.807, 2.05) is 36.4 Å². The molecule has 0 fully saturated rings. The first kappa shape index (κ1) is 14.9. The van der Waals surface area contributed by atoms with Crippen molar-refractivity contribution in [1.82, 2.24) is 0 Å². The van der Waals surface area contributed by atoms with Gasteiger partial charge in [0.2, 0.25) is 0 Å². The zero-order valence-corrected chi connectivity index (χ0v) is 12.3. The number of rotatable bonds is 5. The largest absolute Gasteiger partial charge is 0.497 e. The quantitative estimate of drug-likeness (QED) is 0.503. The van der Waals surface area contributed by atoms with Crippen LogP contribution in [0.1, 0.15) is 0 Å². The third-order valence-corrected chi connectivity index (χ3v) is 3.77. The minimum Gasteiger partial charge on any atom is -0.497 e. The Bertz CT molecular complexity index is 741. The van der Waals surface area contributed by atoms with E-state index in [4.69, 9.17) is 16.2 Å². The standard InChI is InChI=1S/C15H15N3O2S/c1-18-13(14(16)19)15(17)21-12-6-4-9-7-11(20-2)5-3-10(9)8-12/h3-8H,1,17H2,2H3,(H2,16,19)/b15-13-. The highest BCUT2D eigenvalue weighted by atomic mass is 32.2. The predicted molar refractivity (Wildman–Crippen MR) is 86.3 cm³/mol. The van der Waals surface area contributed by atoms with E-state index < -0.39 is 5.91 Å². The molecule has 2 aromatic rings. The normalized spacial score (nSPS) is 11.9. The highest BCUT2D eigenvalue weighted by Crippen LogP contribution is 2.30. The highest BCUT2D eigenvalue weighted by Gasteiger charge is 2.10. The van der Waals surface area contributed by atoms with Crippen LogP contribution in [-0.2, 0) is 4.79 Å². The lowest BCUT2D eigenvalue weighted by Crippen LogP contribution is -2.16. The van der Waals surface area contributed by atoms with Crippen molar-refractivity contribution in [3.8, 4) is 5.75 Å².